The predicted molar refractivity (Wildman–Crippen MR) is 333 cm³/mol. The zero-order valence-corrected chi connectivity index (χ0v) is 48.2. The van der Waals surface area contributed by atoms with E-state index >= 15 is 0 Å². The first-order chi connectivity index (χ1) is 41.4. The second-order valence-electron chi connectivity index (χ2n) is 21.0. The van der Waals surface area contributed by atoms with Gasteiger partial charge in [0.25, 0.3) is 0 Å². The molecule has 0 saturated heterocycles. The fourth-order valence-corrected chi connectivity index (χ4v) is 9.68. The third kappa shape index (κ3) is 20.4. The van der Waals surface area contributed by atoms with Crippen LogP contribution in [0.1, 0.15) is 135 Å². The van der Waals surface area contributed by atoms with Gasteiger partial charge in [0, 0.05) is 0 Å². The van der Waals surface area contributed by atoms with Crippen LogP contribution in [0.25, 0.3) is 44.5 Å². The number of carbonyl (C=O) groups is 2. The van der Waals surface area contributed by atoms with E-state index in [4.69, 9.17) is 38.9 Å². The van der Waals surface area contributed by atoms with Crippen molar-refractivity contribution in [1.29, 1.82) is 10.5 Å². The second kappa shape index (κ2) is 34.4. The van der Waals surface area contributed by atoms with Crippen molar-refractivity contribution in [2.75, 3.05) is 39.6 Å². The molecule has 0 radical (unpaired) electrons. The van der Waals surface area contributed by atoms with Crippen LogP contribution >= 0.6 is 0 Å². The van der Waals surface area contributed by atoms with E-state index in [1.54, 1.807) is 0 Å². The average molecular weight is 1120 g/mol. The lowest BCUT2D eigenvalue weighted by molar-refractivity contribution is 0.0488. The Labute approximate surface area is 496 Å². The summed E-state index contributed by atoms with van der Waals surface area (Å²) in [6.45, 7) is 3.51. The molecule has 0 fully saturated rings. The molecule has 10 heteroatoms. The molecule has 0 aliphatic carbocycles. The Morgan fingerprint density at radius 2 is 0.440 bits per heavy atom. The molecule has 430 valence electrons. The summed E-state index contributed by atoms with van der Waals surface area (Å²) in [6, 6.07) is 66.9. The Morgan fingerprint density at radius 3 is 0.667 bits per heavy atom. The third-order valence-electron chi connectivity index (χ3n) is 14.7. The zero-order valence-electron chi connectivity index (χ0n) is 48.2. The van der Waals surface area contributed by atoms with Gasteiger partial charge in [-0.1, -0.05) is 161 Å². The number of hydrogen-bond donors (Lipinski definition) is 0. The van der Waals surface area contributed by atoms with Crippen LogP contribution in [0.4, 0.5) is 0 Å². The number of benzene rings is 8. The summed E-state index contributed by atoms with van der Waals surface area (Å²) in [5.74, 6) is 2.81. The fraction of sp³-hybridized carbons (Fsp3) is 0.297. The maximum Gasteiger partial charge on any atom is 0.338 e. The largest absolute Gasteiger partial charge is 0.494 e. The van der Waals surface area contributed by atoms with E-state index in [9.17, 15) is 9.59 Å². The number of rotatable bonds is 35. The number of nitrogens with zero attached hydrogens (tertiary/aromatic N) is 2. The van der Waals surface area contributed by atoms with Gasteiger partial charge in [-0.25, -0.2) is 9.59 Å². The van der Waals surface area contributed by atoms with E-state index in [0.29, 0.717) is 61.9 Å². The van der Waals surface area contributed by atoms with Crippen molar-refractivity contribution < 1.29 is 38.0 Å². The van der Waals surface area contributed by atoms with Gasteiger partial charge in [-0.2, -0.15) is 10.5 Å². The van der Waals surface area contributed by atoms with Crippen LogP contribution in [-0.4, -0.2) is 51.6 Å². The average Bonchev–Trinajstić information content (AvgIpc) is 3.71. The molecule has 0 aliphatic rings. The van der Waals surface area contributed by atoms with Crippen LogP contribution in [0, 0.1) is 22.7 Å². The normalized spacial score (nSPS) is 10.8. The molecule has 0 spiro atoms. The van der Waals surface area contributed by atoms with Crippen molar-refractivity contribution in [3.8, 4) is 79.6 Å². The summed E-state index contributed by atoms with van der Waals surface area (Å²) in [5.41, 5.74) is 10.9. The standard InChI is InChI=1S/C74H76N2O8/c75-55-57-17-21-59(22-18-57)63-33-41-69(42-34-63)81-51-13-7-3-9-15-53-83-73(77)67-29-25-61(26-30-67)65-37-45-71(46-38-65)79-49-11-5-1-2-6-12-50-80-72-47-39-66(40-48-72)62-27-31-68(32-28-62)74(78)84-54-16-10-4-8-14-52-82-70-43-35-64(36-44-70)60-23-19-58(56-76)20-24-60/h17-48H,1-16,49-54H2. The van der Waals surface area contributed by atoms with Crippen molar-refractivity contribution in [3.63, 3.8) is 0 Å². The molecule has 8 aromatic carbocycles. The zero-order chi connectivity index (χ0) is 58.2. The Balaban J connectivity index is 0.585. The van der Waals surface area contributed by atoms with Crippen molar-refractivity contribution in [2.45, 2.75) is 103 Å². The summed E-state index contributed by atoms with van der Waals surface area (Å²) in [5, 5.41) is 18.0. The summed E-state index contributed by atoms with van der Waals surface area (Å²) in [7, 11) is 0. The van der Waals surface area contributed by atoms with Gasteiger partial charge in [0.2, 0.25) is 0 Å². The molecule has 0 heterocycles. The predicted octanol–water partition coefficient (Wildman–Crippen LogP) is 18.3. The molecule has 0 aliphatic heterocycles. The van der Waals surface area contributed by atoms with E-state index in [1.165, 1.54) is 0 Å². The molecule has 8 aromatic rings. The van der Waals surface area contributed by atoms with E-state index < -0.39 is 0 Å². The Kier molecular flexibility index (Phi) is 24.9. The molecule has 0 unspecified atom stereocenters. The number of esters is 2. The van der Waals surface area contributed by atoms with Crippen molar-refractivity contribution in [1.82, 2.24) is 0 Å². The van der Waals surface area contributed by atoms with E-state index in [1.807, 2.05) is 170 Å². The van der Waals surface area contributed by atoms with Crippen molar-refractivity contribution in [3.05, 3.63) is 216 Å². The first-order valence-electron chi connectivity index (χ1n) is 29.9. The minimum Gasteiger partial charge on any atom is -0.494 e. The maximum absolute atomic E-state index is 12.7. The molecule has 0 atom stereocenters. The monoisotopic (exact) mass is 1120 g/mol. The van der Waals surface area contributed by atoms with Gasteiger partial charge in [0.1, 0.15) is 23.0 Å². The van der Waals surface area contributed by atoms with E-state index in [2.05, 4.69) is 36.4 Å². The minimum absolute atomic E-state index is 0.296. The first kappa shape index (κ1) is 61.0. The Morgan fingerprint density at radius 1 is 0.250 bits per heavy atom. The lowest BCUT2D eigenvalue weighted by Crippen LogP contribution is -2.06. The molecular formula is C74H76N2O8. The van der Waals surface area contributed by atoms with Crippen molar-refractivity contribution >= 4 is 11.9 Å². The Bertz CT molecular complexity index is 3070. The van der Waals surface area contributed by atoms with E-state index in [0.717, 1.165) is 170 Å². The number of nitriles is 2. The summed E-state index contributed by atoms with van der Waals surface area (Å²) in [4.78, 5) is 25.4. The summed E-state index contributed by atoms with van der Waals surface area (Å²) in [6.07, 6.45) is 16.4. The molecule has 8 rings (SSSR count). The quantitative estimate of drug-likeness (QED) is 0.0279. The second-order valence-corrected chi connectivity index (χ2v) is 21.0. The number of unbranched alkanes of at least 4 members (excludes halogenated alkanes) is 13. The maximum atomic E-state index is 12.7. The topological polar surface area (TPSA) is 137 Å². The van der Waals surface area contributed by atoms with Gasteiger partial charge in [-0.3, -0.25) is 0 Å². The van der Waals surface area contributed by atoms with Gasteiger partial charge in [-0.05, 0) is 180 Å². The van der Waals surface area contributed by atoms with Crippen LogP contribution in [0.2, 0.25) is 0 Å². The molecular weight excluding hydrogens is 1040 g/mol. The smallest absolute Gasteiger partial charge is 0.338 e. The number of ether oxygens (including phenoxy) is 6. The van der Waals surface area contributed by atoms with Gasteiger partial charge in [0.15, 0.2) is 0 Å². The van der Waals surface area contributed by atoms with Gasteiger partial charge in [0.05, 0.1) is 74.0 Å². The molecule has 0 bridgehead atoms. The first-order valence-corrected chi connectivity index (χ1v) is 29.9. The highest BCUT2D eigenvalue weighted by Gasteiger charge is 2.11. The van der Waals surface area contributed by atoms with Crippen LogP contribution < -0.4 is 18.9 Å². The lowest BCUT2D eigenvalue weighted by atomic mass is 10.0. The highest BCUT2D eigenvalue weighted by molar-refractivity contribution is 5.90. The molecule has 10 nitrogen and oxygen atoms in total. The molecule has 0 aromatic heterocycles. The summed E-state index contributed by atoms with van der Waals surface area (Å²) >= 11 is 0. The molecule has 0 N–H and O–H groups in total. The molecule has 0 saturated carbocycles. The van der Waals surface area contributed by atoms with Crippen molar-refractivity contribution in [2.24, 2.45) is 0 Å². The van der Waals surface area contributed by atoms with Crippen LogP contribution in [0.3, 0.4) is 0 Å². The minimum atomic E-state index is -0.296. The van der Waals surface area contributed by atoms with Gasteiger partial charge < -0.3 is 28.4 Å². The van der Waals surface area contributed by atoms with Crippen LogP contribution in [-0.2, 0) is 9.47 Å². The fourth-order valence-electron chi connectivity index (χ4n) is 9.68. The molecule has 84 heavy (non-hydrogen) atoms. The highest BCUT2D eigenvalue weighted by atomic mass is 16.5. The number of hydrogen-bond acceptors (Lipinski definition) is 10. The van der Waals surface area contributed by atoms with E-state index in [-0.39, 0.29) is 11.9 Å². The van der Waals surface area contributed by atoms with Crippen LogP contribution in [0.5, 0.6) is 23.0 Å². The lowest BCUT2D eigenvalue weighted by Gasteiger charge is -2.09. The number of carbonyl (C=O) groups excluding carboxylic acids is 2. The third-order valence-corrected chi connectivity index (χ3v) is 14.7. The van der Waals surface area contributed by atoms with Gasteiger partial charge >= 0.3 is 11.9 Å². The SMILES string of the molecule is N#Cc1ccc(-c2ccc(OCCCCCCCOC(=O)c3ccc(-c4ccc(OCCCCCCCCOc5ccc(-c6ccc(C(=O)OCCCCCCCOc7ccc(-c8ccc(C#N)cc8)cc7)cc6)cc5)cc4)cc3)cc2)cc1. The summed E-state index contributed by atoms with van der Waals surface area (Å²) < 4.78 is 35.1. The Hall–Kier alpha value is -9.12. The van der Waals surface area contributed by atoms with Crippen LogP contribution in [0.15, 0.2) is 194 Å². The highest BCUT2D eigenvalue weighted by Crippen LogP contribution is 2.28. The molecule has 0 amide bonds. The van der Waals surface area contributed by atoms with Gasteiger partial charge in [-0.15, -0.1) is 0 Å².